The van der Waals surface area contributed by atoms with Crippen molar-refractivity contribution >= 4 is 31.3 Å². The standard InChI is InChI=1S/C19H17FN2O2.C6H16OSi/c1-12-6-7-13(20)10-16(12)22-11-19(9-8-17(22)23)14-4-2-3-5-15(14)21-18(19)24;1-6(7-2)8(3,4)5/h2-7,10H,8-9,11H2,1H3,(H,21,24);6H,1-5H3. The number of hydrogen-bond donors (Lipinski definition) is 1. The van der Waals surface area contributed by atoms with E-state index in [2.05, 4.69) is 31.9 Å². The van der Waals surface area contributed by atoms with Gasteiger partial charge < -0.3 is 15.0 Å². The Bertz CT molecular complexity index is 1020. The number of piperidine rings is 1. The molecule has 2 unspecified atom stereocenters. The number of anilines is 2. The summed E-state index contributed by atoms with van der Waals surface area (Å²) in [5.41, 5.74) is 2.80. The second-order valence-corrected chi connectivity index (χ2v) is 15.3. The van der Waals surface area contributed by atoms with Gasteiger partial charge >= 0.3 is 0 Å². The predicted molar refractivity (Wildman–Crippen MR) is 129 cm³/mol. The van der Waals surface area contributed by atoms with E-state index >= 15 is 0 Å². The Labute approximate surface area is 191 Å². The van der Waals surface area contributed by atoms with Crippen LogP contribution in [-0.4, -0.2) is 39.3 Å². The monoisotopic (exact) mass is 456 g/mol. The summed E-state index contributed by atoms with van der Waals surface area (Å²) in [6.07, 6.45) is 0.733. The molecular weight excluding hydrogens is 423 g/mol. The number of hydrogen-bond acceptors (Lipinski definition) is 3. The second kappa shape index (κ2) is 9.15. The fraction of sp³-hybridized carbons (Fsp3) is 0.440. The van der Waals surface area contributed by atoms with Crippen LogP contribution < -0.4 is 10.2 Å². The van der Waals surface area contributed by atoms with Crippen LogP contribution in [0.25, 0.3) is 0 Å². The van der Waals surface area contributed by atoms with Crippen LogP contribution in [0.2, 0.25) is 19.6 Å². The molecular formula is C25H33FN2O3Si. The van der Waals surface area contributed by atoms with Crippen molar-refractivity contribution in [3.63, 3.8) is 0 Å². The van der Waals surface area contributed by atoms with Gasteiger partial charge in [0.1, 0.15) is 5.82 Å². The van der Waals surface area contributed by atoms with Crippen LogP contribution in [0, 0.1) is 12.7 Å². The summed E-state index contributed by atoms with van der Waals surface area (Å²) in [6, 6.07) is 12.0. The van der Waals surface area contributed by atoms with Crippen LogP contribution >= 0.6 is 0 Å². The van der Waals surface area contributed by atoms with E-state index in [4.69, 9.17) is 4.74 Å². The molecule has 0 saturated carbocycles. The number of nitrogens with zero attached hydrogens (tertiary/aromatic N) is 1. The van der Waals surface area contributed by atoms with E-state index in [-0.39, 0.29) is 30.6 Å². The Morgan fingerprint density at radius 3 is 2.47 bits per heavy atom. The summed E-state index contributed by atoms with van der Waals surface area (Å²) in [5, 5.41) is 2.92. The fourth-order valence-electron chi connectivity index (χ4n) is 4.12. The van der Waals surface area contributed by atoms with Crippen molar-refractivity contribution < 1.29 is 18.7 Å². The number of para-hydroxylation sites is 1. The maximum absolute atomic E-state index is 13.7. The number of benzene rings is 2. The molecule has 2 amide bonds. The van der Waals surface area contributed by atoms with Crippen LogP contribution in [0.3, 0.4) is 0 Å². The zero-order valence-corrected chi connectivity index (χ0v) is 20.8. The second-order valence-electron chi connectivity index (χ2n) is 9.74. The summed E-state index contributed by atoms with van der Waals surface area (Å²) in [6.45, 7) is 11.1. The van der Waals surface area contributed by atoms with Crippen molar-refractivity contribution in [3.05, 3.63) is 59.4 Å². The third-order valence-electron chi connectivity index (χ3n) is 6.66. The summed E-state index contributed by atoms with van der Waals surface area (Å²) in [5.74, 6) is -0.555. The van der Waals surface area contributed by atoms with Gasteiger partial charge in [-0.1, -0.05) is 43.9 Å². The molecule has 32 heavy (non-hydrogen) atoms. The molecule has 2 heterocycles. The number of fused-ring (bicyclic) bond motifs is 2. The number of amides is 2. The van der Waals surface area contributed by atoms with E-state index in [9.17, 15) is 14.0 Å². The lowest BCUT2D eigenvalue weighted by Crippen LogP contribution is -2.52. The quantitative estimate of drug-likeness (QED) is 0.658. The first-order valence-electron chi connectivity index (χ1n) is 11.0. The van der Waals surface area contributed by atoms with E-state index in [1.165, 1.54) is 12.1 Å². The number of carbonyl (C=O) groups excluding carboxylic acids is 2. The molecule has 2 aliphatic rings. The summed E-state index contributed by atoms with van der Waals surface area (Å²) in [4.78, 5) is 26.8. The van der Waals surface area contributed by atoms with Crippen LogP contribution in [0.4, 0.5) is 15.8 Å². The largest absolute Gasteiger partial charge is 0.385 e. The van der Waals surface area contributed by atoms with Crippen molar-refractivity contribution in [2.24, 2.45) is 0 Å². The van der Waals surface area contributed by atoms with Gasteiger partial charge in [0.05, 0.1) is 13.5 Å². The van der Waals surface area contributed by atoms with Gasteiger partial charge in [-0.05, 0) is 49.6 Å². The Hall–Kier alpha value is -2.51. The van der Waals surface area contributed by atoms with E-state index < -0.39 is 13.5 Å². The van der Waals surface area contributed by atoms with Crippen molar-refractivity contribution in [1.82, 2.24) is 0 Å². The van der Waals surface area contributed by atoms with Crippen molar-refractivity contribution in [2.75, 3.05) is 23.9 Å². The lowest BCUT2D eigenvalue weighted by Gasteiger charge is -2.39. The summed E-state index contributed by atoms with van der Waals surface area (Å²) in [7, 11) is 0.798. The fourth-order valence-corrected chi connectivity index (χ4v) is 4.82. The smallest absolute Gasteiger partial charge is 0.236 e. The average molecular weight is 457 g/mol. The molecule has 4 rings (SSSR count). The molecule has 1 spiro atoms. The molecule has 0 aromatic heterocycles. The van der Waals surface area contributed by atoms with Gasteiger partial charge in [0.25, 0.3) is 0 Å². The molecule has 1 N–H and O–H groups in total. The highest BCUT2D eigenvalue weighted by molar-refractivity contribution is 6.77. The lowest BCUT2D eigenvalue weighted by atomic mass is 9.74. The molecule has 7 heteroatoms. The molecule has 0 bridgehead atoms. The molecule has 2 atom stereocenters. The van der Waals surface area contributed by atoms with Crippen molar-refractivity contribution in [1.29, 1.82) is 0 Å². The lowest BCUT2D eigenvalue weighted by molar-refractivity contribution is -0.125. The van der Waals surface area contributed by atoms with E-state index in [1.807, 2.05) is 31.2 Å². The average Bonchev–Trinajstić information content (AvgIpc) is 3.02. The minimum atomic E-state index is -0.983. The number of ether oxygens (including phenoxy) is 1. The summed E-state index contributed by atoms with van der Waals surface area (Å²) < 4.78 is 18.9. The van der Waals surface area contributed by atoms with Gasteiger partial charge in [-0.25, -0.2) is 4.39 Å². The van der Waals surface area contributed by atoms with E-state index in [0.717, 1.165) is 16.8 Å². The van der Waals surface area contributed by atoms with E-state index in [0.29, 0.717) is 17.8 Å². The molecule has 2 aromatic carbocycles. The molecule has 1 fully saturated rings. The molecule has 1 saturated heterocycles. The van der Waals surface area contributed by atoms with Crippen LogP contribution in [0.5, 0.6) is 0 Å². The molecule has 2 aromatic rings. The number of aryl methyl sites for hydroxylation is 1. The zero-order chi connectivity index (χ0) is 23.7. The zero-order valence-electron chi connectivity index (χ0n) is 19.8. The number of methoxy groups -OCH3 is 1. The Balaban J connectivity index is 0.000000312. The van der Waals surface area contributed by atoms with Gasteiger partial charge in [0.15, 0.2) is 0 Å². The van der Waals surface area contributed by atoms with Crippen LogP contribution in [0.15, 0.2) is 42.5 Å². The first-order chi connectivity index (χ1) is 15.0. The highest BCUT2D eigenvalue weighted by Gasteiger charge is 2.51. The van der Waals surface area contributed by atoms with Crippen molar-refractivity contribution in [3.8, 4) is 0 Å². The topological polar surface area (TPSA) is 58.6 Å². The molecule has 172 valence electrons. The third kappa shape index (κ3) is 4.64. The maximum atomic E-state index is 13.7. The predicted octanol–water partition coefficient (Wildman–Crippen LogP) is 5.05. The Kier molecular flexibility index (Phi) is 6.90. The highest BCUT2D eigenvalue weighted by Crippen LogP contribution is 2.45. The SMILES string of the molecule is COC(C)[Si](C)(C)C.Cc1ccc(F)cc1N1CC2(CCC1=O)C(=O)Nc1ccccc12. The molecule has 0 radical (unpaired) electrons. The van der Waals surface area contributed by atoms with Gasteiger partial charge in [-0.2, -0.15) is 0 Å². The molecule has 2 aliphatic heterocycles. The maximum Gasteiger partial charge on any atom is 0.236 e. The van der Waals surface area contributed by atoms with Gasteiger partial charge in [0, 0.05) is 37.2 Å². The first kappa shape index (κ1) is 24.1. The number of rotatable bonds is 3. The van der Waals surface area contributed by atoms with Gasteiger partial charge in [0.2, 0.25) is 11.8 Å². The van der Waals surface area contributed by atoms with Gasteiger partial charge in [-0.3, -0.25) is 9.59 Å². The number of carbonyl (C=O) groups is 2. The highest BCUT2D eigenvalue weighted by atomic mass is 28.3. The minimum absolute atomic E-state index is 0.0773. The Morgan fingerprint density at radius 2 is 1.84 bits per heavy atom. The van der Waals surface area contributed by atoms with Crippen molar-refractivity contribution in [2.45, 2.75) is 57.5 Å². The van der Waals surface area contributed by atoms with Crippen LogP contribution in [0.1, 0.15) is 30.9 Å². The first-order valence-corrected chi connectivity index (χ1v) is 14.6. The molecule has 5 nitrogen and oxygen atoms in total. The van der Waals surface area contributed by atoms with E-state index in [1.54, 1.807) is 18.1 Å². The van der Waals surface area contributed by atoms with Crippen LogP contribution in [-0.2, 0) is 19.7 Å². The Morgan fingerprint density at radius 1 is 1.16 bits per heavy atom. The number of halogens is 1. The molecule has 0 aliphatic carbocycles. The van der Waals surface area contributed by atoms with Gasteiger partial charge in [-0.15, -0.1) is 0 Å². The number of nitrogens with one attached hydrogen (secondary N) is 1. The normalized spacial score (nSPS) is 21.0. The minimum Gasteiger partial charge on any atom is -0.385 e. The summed E-state index contributed by atoms with van der Waals surface area (Å²) >= 11 is 0. The third-order valence-corrected chi connectivity index (χ3v) is 9.33.